The van der Waals surface area contributed by atoms with Crippen molar-refractivity contribution >= 4 is 5.91 Å². The van der Waals surface area contributed by atoms with Gasteiger partial charge in [0.1, 0.15) is 0 Å². The fourth-order valence-electron chi connectivity index (χ4n) is 4.76. The van der Waals surface area contributed by atoms with E-state index < -0.39 is 0 Å². The highest BCUT2D eigenvalue weighted by Crippen LogP contribution is 2.43. The molecule has 3 heteroatoms. The minimum atomic E-state index is -0.225. The largest absolute Gasteiger partial charge is 0.366 e. The van der Waals surface area contributed by atoms with Crippen LogP contribution in [-0.2, 0) is 16.8 Å². The summed E-state index contributed by atoms with van der Waals surface area (Å²) >= 11 is 0. The highest BCUT2D eigenvalue weighted by atomic mass is 16.1. The Hall–Kier alpha value is -2.39. The van der Waals surface area contributed by atoms with Crippen LogP contribution in [0.3, 0.4) is 0 Å². The lowest BCUT2D eigenvalue weighted by Gasteiger charge is -2.44. The molecule has 0 radical (unpaired) electrons. The SMILES string of the molecule is CN(C)C1(c2ccccc2)CCC(=C(CCCCc2ccccc2)C(N)=O)CC1. The van der Waals surface area contributed by atoms with E-state index >= 15 is 0 Å². The zero-order valence-corrected chi connectivity index (χ0v) is 17.9. The molecule has 154 valence electrons. The van der Waals surface area contributed by atoms with Crippen molar-refractivity contribution in [3.05, 3.63) is 82.9 Å². The lowest BCUT2D eigenvalue weighted by Crippen LogP contribution is -2.43. The molecule has 0 aromatic heterocycles. The third kappa shape index (κ3) is 5.16. The van der Waals surface area contributed by atoms with Gasteiger partial charge in [-0.3, -0.25) is 9.69 Å². The maximum absolute atomic E-state index is 12.2. The number of rotatable bonds is 8. The third-order valence-electron chi connectivity index (χ3n) is 6.56. The maximum Gasteiger partial charge on any atom is 0.244 e. The van der Waals surface area contributed by atoms with Crippen LogP contribution in [0.15, 0.2) is 71.8 Å². The highest BCUT2D eigenvalue weighted by molar-refractivity contribution is 5.92. The Kier molecular flexibility index (Phi) is 7.27. The second-order valence-electron chi connectivity index (χ2n) is 8.43. The number of amides is 1. The average Bonchev–Trinajstić information content (AvgIpc) is 2.75. The summed E-state index contributed by atoms with van der Waals surface area (Å²) < 4.78 is 0. The molecule has 0 atom stereocenters. The van der Waals surface area contributed by atoms with E-state index in [0.29, 0.717) is 0 Å². The van der Waals surface area contributed by atoms with Crippen molar-refractivity contribution in [3.63, 3.8) is 0 Å². The van der Waals surface area contributed by atoms with E-state index in [1.165, 1.54) is 16.7 Å². The zero-order valence-electron chi connectivity index (χ0n) is 17.9. The fourth-order valence-corrected chi connectivity index (χ4v) is 4.76. The van der Waals surface area contributed by atoms with Gasteiger partial charge >= 0.3 is 0 Å². The smallest absolute Gasteiger partial charge is 0.244 e. The van der Waals surface area contributed by atoms with Gasteiger partial charge in [-0.2, -0.15) is 0 Å². The van der Waals surface area contributed by atoms with E-state index in [-0.39, 0.29) is 11.4 Å². The molecule has 1 aliphatic carbocycles. The van der Waals surface area contributed by atoms with Crippen molar-refractivity contribution in [2.45, 2.75) is 56.9 Å². The molecule has 1 aliphatic rings. The van der Waals surface area contributed by atoms with Crippen molar-refractivity contribution in [1.82, 2.24) is 4.90 Å². The summed E-state index contributed by atoms with van der Waals surface area (Å²) in [5.74, 6) is -0.225. The lowest BCUT2D eigenvalue weighted by molar-refractivity contribution is -0.114. The van der Waals surface area contributed by atoms with Crippen molar-refractivity contribution < 1.29 is 4.79 Å². The predicted molar refractivity (Wildman–Crippen MR) is 120 cm³/mol. The van der Waals surface area contributed by atoms with E-state index in [4.69, 9.17) is 5.73 Å². The summed E-state index contributed by atoms with van der Waals surface area (Å²) in [4.78, 5) is 14.5. The first-order valence-corrected chi connectivity index (χ1v) is 10.8. The quantitative estimate of drug-likeness (QED) is 0.497. The van der Waals surface area contributed by atoms with E-state index in [0.717, 1.165) is 56.9 Å². The van der Waals surface area contributed by atoms with Gasteiger partial charge in [-0.15, -0.1) is 0 Å². The Morgan fingerprint density at radius 2 is 1.52 bits per heavy atom. The Morgan fingerprint density at radius 3 is 2.07 bits per heavy atom. The molecule has 1 amide bonds. The van der Waals surface area contributed by atoms with E-state index in [1.807, 2.05) is 6.07 Å². The van der Waals surface area contributed by atoms with Gasteiger partial charge in [0.15, 0.2) is 0 Å². The summed E-state index contributed by atoms with van der Waals surface area (Å²) in [6.07, 6.45) is 7.90. The molecule has 0 unspecified atom stereocenters. The minimum Gasteiger partial charge on any atom is -0.366 e. The van der Waals surface area contributed by atoms with Crippen LogP contribution in [-0.4, -0.2) is 24.9 Å². The van der Waals surface area contributed by atoms with E-state index in [2.05, 4.69) is 73.6 Å². The summed E-state index contributed by atoms with van der Waals surface area (Å²) in [6, 6.07) is 21.3. The molecule has 0 bridgehead atoms. The van der Waals surface area contributed by atoms with Crippen molar-refractivity contribution in [3.8, 4) is 0 Å². The van der Waals surface area contributed by atoms with E-state index in [9.17, 15) is 4.79 Å². The molecular formula is C26H34N2O. The normalized spacial score (nSPS) is 19.3. The first-order valence-electron chi connectivity index (χ1n) is 10.8. The second-order valence-corrected chi connectivity index (χ2v) is 8.43. The first-order chi connectivity index (χ1) is 14.0. The van der Waals surface area contributed by atoms with Gasteiger partial charge in [0.05, 0.1) is 0 Å². The van der Waals surface area contributed by atoms with Gasteiger partial charge in [0, 0.05) is 11.1 Å². The first kappa shape index (κ1) is 21.3. The number of primary amides is 1. The number of nitrogens with two attached hydrogens (primary N) is 1. The molecular weight excluding hydrogens is 356 g/mol. The summed E-state index contributed by atoms with van der Waals surface area (Å²) in [7, 11) is 4.33. The van der Waals surface area contributed by atoms with Crippen LogP contribution in [0.4, 0.5) is 0 Å². The molecule has 2 aromatic carbocycles. The predicted octanol–water partition coefficient (Wildman–Crippen LogP) is 5.21. The molecule has 2 N–H and O–H groups in total. The van der Waals surface area contributed by atoms with E-state index in [1.54, 1.807) is 0 Å². The summed E-state index contributed by atoms with van der Waals surface area (Å²) in [5.41, 5.74) is 10.7. The van der Waals surface area contributed by atoms with Crippen LogP contribution in [0.2, 0.25) is 0 Å². The van der Waals surface area contributed by atoms with Gasteiger partial charge in [-0.25, -0.2) is 0 Å². The van der Waals surface area contributed by atoms with Crippen molar-refractivity contribution in [2.75, 3.05) is 14.1 Å². The van der Waals surface area contributed by atoms with Crippen molar-refractivity contribution in [1.29, 1.82) is 0 Å². The third-order valence-corrected chi connectivity index (χ3v) is 6.56. The topological polar surface area (TPSA) is 46.3 Å². The molecule has 0 saturated heterocycles. The monoisotopic (exact) mass is 390 g/mol. The standard InChI is InChI=1S/C26H34N2O/c1-28(2)26(23-14-7-4-8-15-23)19-17-22(18-20-26)24(25(27)29)16-10-9-13-21-11-5-3-6-12-21/h3-8,11-12,14-15H,9-10,13,16-20H2,1-2H3,(H2,27,29). The van der Waals surface area contributed by atoms with Gasteiger partial charge in [-0.1, -0.05) is 66.2 Å². The van der Waals surface area contributed by atoms with Crippen molar-refractivity contribution in [2.24, 2.45) is 5.73 Å². The highest BCUT2D eigenvalue weighted by Gasteiger charge is 2.37. The molecule has 29 heavy (non-hydrogen) atoms. The fraction of sp³-hybridized carbons (Fsp3) is 0.423. The Balaban J connectivity index is 1.65. The molecule has 3 rings (SSSR count). The molecule has 1 fully saturated rings. The maximum atomic E-state index is 12.2. The number of unbranched alkanes of at least 4 members (excludes halogenated alkanes) is 1. The van der Waals surface area contributed by atoms with Crippen LogP contribution >= 0.6 is 0 Å². The van der Waals surface area contributed by atoms with Crippen LogP contribution in [0.25, 0.3) is 0 Å². The average molecular weight is 391 g/mol. The summed E-state index contributed by atoms with van der Waals surface area (Å²) in [5, 5.41) is 0. The number of aryl methyl sites for hydroxylation is 1. The number of carbonyl (C=O) groups excluding carboxylic acids is 1. The molecule has 2 aromatic rings. The molecule has 3 nitrogen and oxygen atoms in total. The number of allylic oxidation sites excluding steroid dienone is 1. The summed E-state index contributed by atoms with van der Waals surface area (Å²) in [6.45, 7) is 0. The minimum absolute atomic E-state index is 0.0425. The number of benzene rings is 2. The Bertz CT molecular complexity index is 814. The van der Waals surface area contributed by atoms with Crippen LogP contribution < -0.4 is 5.73 Å². The molecule has 0 spiro atoms. The van der Waals surface area contributed by atoms with Gasteiger partial charge in [0.2, 0.25) is 5.91 Å². The molecule has 1 saturated carbocycles. The van der Waals surface area contributed by atoms with Gasteiger partial charge in [0.25, 0.3) is 0 Å². The Labute approximate surface area is 175 Å². The van der Waals surface area contributed by atoms with Gasteiger partial charge < -0.3 is 5.73 Å². The number of nitrogens with zero attached hydrogens (tertiary/aromatic N) is 1. The number of hydrogen-bond acceptors (Lipinski definition) is 2. The Morgan fingerprint density at radius 1 is 0.931 bits per heavy atom. The second kappa shape index (κ2) is 9.89. The van der Waals surface area contributed by atoms with Crippen LogP contribution in [0.5, 0.6) is 0 Å². The van der Waals surface area contributed by atoms with Crippen LogP contribution in [0, 0.1) is 0 Å². The molecule has 0 aliphatic heterocycles. The van der Waals surface area contributed by atoms with Crippen LogP contribution in [0.1, 0.15) is 56.1 Å². The zero-order chi connectivity index (χ0) is 20.7. The lowest BCUT2D eigenvalue weighted by atomic mass is 9.72. The molecule has 0 heterocycles. The van der Waals surface area contributed by atoms with Gasteiger partial charge in [-0.05, 0) is 76.6 Å². The number of hydrogen-bond donors (Lipinski definition) is 1. The number of carbonyl (C=O) groups is 1.